The number of aliphatic hydroxyl groups excluding tert-OH is 11. The van der Waals surface area contributed by atoms with E-state index in [1.807, 2.05) is 0 Å². The van der Waals surface area contributed by atoms with Crippen molar-refractivity contribution in [3.63, 3.8) is 0 Å². The largest absolute Gasteiger partial charge is 0.394 e. The zero-order chi connectivity index (χ0) is 25.3. The van der Waals surface area contributed by atoms with Crippen LogP contribution >= 0.6 is 0 Å². The van der Waals surface area contributed by atoms with Gasteiger partial charge in [-0.1, -0.05) is 0 Å². The van der Waals surface area contributed by atoms with E-state index in [9.17, 15) is 56.2 Å². The van der Waals surface area contributed by atoms with Gasteiger partial charge >= 0.3 is 0 Å². The van der Waals surface area contributed by atoms with Crippen molar-refractivity contribution in [2.45, 2.75) is 92.1 Å². The Kier molecular flexibility index (Phi) is 9.54. The molecule has 16 heteroatoms. The van der Waals surface area contributed by atoms with Crippen molar-refractivity contribution in [2.24, 2.45) is 0 Å². The molecule has 3 fully saturated rings. The van der Waals surface area contributed by atoms with Crippen LogP contribution in [0.5, 0.6) is 0 Å². The molecule has 11 N–H and O–H groups in total. The van der Waals surface area contributed by atoms with E-state index in [0.29, 0.717) is 0 Å². The zero-order valence-corrected chi connectivity index (χ0v) is 17.7. The van der Waals surface area contributed by atoms with Gasteiger partial charge in [-0.05, 0) is 0 Å². The van der Waals surface area contributed by atoms with Gasteiger partial charge in [0, 0.05) is 0 Å². The molecule has 0 aliphatic carbocycles. The molecular formula is C18H32O16. The normalized spacial score (nSPS) is 52.5. The Morgan fingerprint density at radius 1 is 0.500 bits per heavy atom. The smallest absolute Gasteiger partial charge is 0.187 e. The monoisotopic (exact) mass is 504 g/mol. The molecule has 0 bridgehead atoms. The number of rotatable bonds is 7. The van der Waals surface area contributed by atoms with E-state index < -0.39 is 112 Å². The van der Waals surface area contributed by atoms with Gasteiger partial charge in [0.2, 0.25) is 0 Å². The van der Waals surface area contributed by atoms with Crippen LogP contribution in [0.2, 0.25) is 0 Å². The Labute approximate surface area is 192 Å². The first kappa shape index (κ1) is 27.9. The molecule has 0 spiro atoms. The molecule has 34 heavy (non-hydrogen) atoms. The second-order valence-electron chi connectivity index (χ2n) is 8.37. The summed E-state index contributed by atoms with van der Waals surface area (Å²) in [6.45, 7) is -2.06. The highest BCUT2D eigenvalue weighted by Crippen LogP contribution is 2.29. The minimum absolute atomic E-state index is 0.609. The summed E-state index contributed by atoms with van der Waals surface area (Å²) in [6.07, 6.45) is -24.9. The van der Waals surface area contributed by atoms with Crippen molar-refractivity contribution in [1.29, 1.82) is 0 Å². The van der Waals surface area contributed by atoms with Gasteiger partial charge in [-0.15, -0.1) is 0 Å². The van der Waals surface area contributed by atoms with E-state index >= 15 is 0 Å². The maximum Gasteiger partial charge on any atom is 0.187 e. The highest BCUT2D eigenvalue weighted by Gasteiger charge is 2.51. The summed E-state index contributed by atoms with van der Waals surface area (Å²) >= 11 is 0. The van der Waals surface area contributed by atoms with E-state index in [0.717, 1.165) is 0 Å². The molecule has 3 rings (SSSR count). The molecule has 3 heterocycles. The lowest BCUT2D eigenvalue weighted by atomic mass is 9.97. The van der Waals surface area contributed by atoms with Crippen LogP contribution in [0.15, 0.2) is 0 Å². The summed E-state index contributed by atoms with van der Waals surface area (Å²) in [5, 5.41) is 109. The van der Waals surface area contributed by atoms with E-state index in [2.05, 4.69) is 0 Å². The Morgan fingerprint density at radius 2 is 1.00 bits per heavy atom. The van der Waals surface area contributed by atoms with Crippen LogP contribution in [0, 0.1) is 0 Å². The molecule has 0 saturated carbocycles. The average Bonchev–Trinajstić information content (AvgIpc) is 2.82. The van der Waals surface area contributed by atoms with Gasteiger partial charge < -0.3 is 79.9 Å². The summed E-state index contributed by atoms with van der Waals surface area (Å²) in [6, 6.07) is 0. The van der Waals surface area contributed by atoms with E-state index in [4.69, 9.17) is 23.7 Å². The fourth-order valence-corrected chi connectivity index (χ4v) is 3.94. The first-order valence-electron chi connectivity index (χ1n) is 10.6. The van der Waals surface area contributed by atoms with Crippen molar-refractivity contribution < 1.29 is 79.9 Å². The van der Waals surface area contributed by atoms with Crippen LogP contribution in [-0.2, 0) is 23.7 Å². The predicted octanol–water partition coefficient (Wildman–Crippen LogP) is -7.57. The van der Waals surface area contributed by atoms with Crippen LogP contribution in [0.3, 0.4) is 0 Å². The van der Waals surface area contributed by atoms with E-state index in [1.165, 1.54) is 0 Å². The second kappa shape index (κ2) is 11.6. The highest BCUT2D eigenvalue weighted by atomic mass is 16.7. The third kappa shape index (κ3) is 5.52. The van der Waals surface area contributed by atoms with Crippen molar-refractivity contribution in [2.75, 3.05) is 19.8 Å². The molecule has 3 saturated heterocycles. The fraction of sp³-hybridized carbons (Fsp3) is 1.00. The lowest BCUT2D eigenvalue weighted by Gasteiger charge is -2.45. The maximum atomic E-state index is 10.6. The Bertz CT molecular complexity index is 637. The standard InChI is InChI=1S/C18H32O16/c19-1-4-7(21)10(24)12(26)17(32-4)30-3-6-9(23)15(14(28)16(29)31-6)34-18-13(27)11(25)8(22)5(2-20)33-18/h4-29H,1-3H2/t4-,5-,6-,7-,8-,9-,10+,11+,12+,13-,14+,15+,16?,17+,18-/m1/s1. The Morgan fingerprint density at radius 3 is 1.53 bits per heavy atom. The van der Waals surface area contributed by atoms with Gasteiger partial charge in [0.25, 0.3) is 0 Å². The van der Waals surface area contributed by atoms with Crippen LogP contribution < -0.4 is 0 Å². The summed E-state index contributed by atoms with van der Waals surface area (Å²) in [5.41, 5.74) is 0. The predicted molar refractivity (Wildman–Crippen MR) is 101 cm³/mol. The van der Waals surface area contributed by atoms with E-state index in [1.54, 1.807) is 0 Å². The van der Waals surface area contributed by atoms with E-state index in [-0.39, 0.29) is 0 Å². The quantitative estimate of drug-likeness (QED) is 0.154. The van der Waals surface area contributed by atoms with Crippen molar-refractivity contribution in [1.82, 2.24) is 0 Å². The summed E-state index contributed by atoms with van der Waals surface area (Å²) in [7, 11) is 0. The zero-order valence-electron chi connectivity index (χ0n) is 17.7. The minimum atomic E-state index is -1.93. The number of aliphatic hydroxyl groups is 11. The minimum Gasteiger partial charge on any atom is -0.394 e. The molecule has 1 unspecified atom stereocenters. The van der Waals surface area contributed by atoms with Crippen LogP contribution in [0.25, 0.3) is 0 Å². The van der Waals surface area contributed by atoms with Gasteiger partial charge in [0.1, 0.15) is 73.2 Å². The molecular weight excluding hydrogens is 472 g/mol. The van der Waals surface area contributed by atoms with Gasteiger partial charge in [-0.2, -0.15) is 0 Å². The lowest BCUT2D eigenvalue weighted by Crippen LogP contribution is -2.65. The molecule has 0 radical (unpaired) electrons. The molecule has 200 valence electrons. The lowest BCUT2D eigenvalue weighted by molar-refractivity contribution is -0.361. The Hall–Kier alpha value is -0.640. The van der Waals surface area contributed by atoms with Crippen molar-refractivity contribution in [3.8, 4) is 0 Å². The number of hydrogen-bond donors (Lipinski definition) is 11. The molecule has 16 nitrogen and oxygen atoms in total. The molecule has 0 aromatic carbocycles. The van der Waals surface area contributed by atoms with Crippen LogP contribution in [-0.4, -0.2) is 168 Å². The first-order valence-corrected chi connectivity index (χ1v) is 10.6. The highest BCUT2D eigenvalue weighted by molar-refractivity contribution is 4.94. The number of ether oxygens (including phenoxy) is 5. The topological polar surface area (TPSA) is 269 Å². The molecule has 3 aliphatic rings. The second-order valence-corrected chi connectivity index (χ2v) is 8.37. The maximum absolute atomic E-state index is 10.6. The average molecular weight is 504 g/mol. The number of hydrogen-bond acceptors (Lipinski definition) is 16. The van der Waals surface area contributed by atoms with Crippen LogP contribution in [0.1, 0.15) is 0 Å². The first-order chi connectivity index (χ1) is 16.0. The third-order valence-corrected chi connectivity index (χ3v) is 6.07. The molecule has 0 aromatic heterocycles. The molecule has 15 atom stereocenters. The van der Waals surface area contributed by atoms with Gasteiger partial charge in [0.05, 0.1) is 19.8 Å². The van der Waals surface area contributed by atoms with Gasteiger partial charge in [-0.3, -0.25) is 0 Å². The summed E-state index contributed by atoms with van der Waals surface area (Å²) in [4.78, 5) is 0. The Balaban J connectivity index is 1.65. The SMILES string of the molecule is OC[C@H]1O[C@H](OC[C@H]2OC(O)[C@@H](O)[C@@H](O[C@H]3O[C@H](CO)[C@@H](O)[C@H](O)[C@H]3O)[C@@H]2O)[C@@H](O)[C@@H](O)[C@@H]1O. The molecule has 0 amide bonds. The molecule has 0 aromatic rings. The van der Waals surface area contributed by atoms with Gasteiger partial charge in [-0.25, -0.2) is 0 Å². The summed E-state index contributed by atoms with van der Waals surface area (Å²) in [5.74, 6) is 0. The summed E-state index contributed by atoms with van der Waals surface area (Å²) < 4.78 is 26.1. The fourth-order valence-electron chi connectivity index (χ4n) is 3.94. The third-order valence-electron chi connectivity index (χ3n) is 6.07. The van der Waals surface area contributed by atoms with Gasteiger partial charge in [0.15, 0.2) is 18.9 Å². The van der Waals surface area contributed by atoms with Crippen molar-refractivity contribution >= 4 is 0 Å². The van der Waals surface area contributed by atoms with Crippen molar-refractivity contribution in [3.05, 3.63) is 0 Å². The van der Waals surface area contributed by atoms with Crippen LogP contribution in [0.4, 0.5) is 0 Å². The molecule has 3 aliphatic heterocycles.